The third-order valence-corrected chi connectivity index (χ3v) is 4.09. The van der Waals surface area contributed by atoms with Gasteiger partial charge >= 0.3 is 5.69 Å². The Balaban J connectivity index is 1.95. The number of aromatic nitrogens is 3. The Morgan fingerprint density at radius 1 is 1.12 bits per heavy atom. The van der Waals surface area contributed by atoms with Gasteiger partial charge in [-0.1, -0.05) is 24.4 Å². The van der Waals surface area contributed by atoms with E-state index in [-0.39, 0.29) is 11.5 Å². The van der Waals surface area contributed by atoms with Crippen molar-refractivity contribution in [2.75, 3.05) is 23.3 Å². The second-order valence-electron chi connectivity index (χ2n) is 5.54. The van der Waals surface area contributed by atoms with Crippen molar-refractivity contribution in [1.29, 1.82) is 0 Å². The highest BCUT2D eigenvalue weighted by Crippen LogP contribution is 2.34. The minimum atomic E-state index is -0.446. The molecule has 3 rings (SSSR count). The monoisotopic (exact) mass is 348 g/mol. The first-order chi connectivity index (χ1) is 11.6. The van der Waals surface area contributed by atoms with Crippen LogP contribution in [0, 0.1) is 10.1 Å². The summed E-state index contributed by atoms with van der Waals surface area (Å²) in [5.41, 5.74) is -0.129. The van der Waals surface area contributed by atoms with Gasteiger partial charge in [0.05, 0.1) is 9.95 Å². The summed E-state index contributed by atoms with van der Waals surface area (Å²) in [7, 11) is 0. The van der Waals surface area contributed by atoms with Gasteiger partial charge in [-0.25, -0.2) is 15.0 Å². The molecule has 0 spiro atoms. The average Bonchev–Trinajstić information content (AvgIpc) is 2.86. The number of halogens is 1. The van der Waals surface area contributed by atoms with E-state index in [4.69, 9.17) is 11.6 Å². The fraction of sp³-hybridized carbons (Fsp3) is 0.400. The van der Waals surface area contributed by atoms with Crippen LogP contribution in [-0.4, -0.2) is 33.0 Å². The van der Waals surface area contributed by atoms with E-state index in [0.29, 0.717) is 16.7 Å². The van der Waals surface area contributed by atoms with E-state index in [1.165, 1.54) is 12.5 Å². The molecular weight excluding hydrogens is 332 g/mol. The van der Waals surface area contributed by atoms with Crippen molar-refractivity contribution in [2.45, 2.75) is 25.7 Å². The molecule has 2 aromatic rings. The van der Waals surface area contributed by atoms with Gasteiger partial charge in [0.15, 0.2) is 0 Å². The Hall–Kier alpha value is -2.48. The van der Waals surface area contributed by atoms with Gasteiger partial charge in [0.2, 0.25) is 11.6 Å². The highest BCUT2D eigenvalue weighted by atomic mass is 35.5. The molecule has 2 aromatic heterocycles. The molecule has 0 atom stereocenters. The Labute approximate surface area is 144 Å². The molecule has 1 aliphatic rings. The van der Waals surface area contributed by atoms with Crippen LogP contribution in [0.5, 0.6) is 0 Å². The maximum atomic E-state index is 11.6. The molecular formula is C15H17ClN6O2. The molecule has 1 N–H and O–H groups in total. The molecule has 24 heavy (non-hydrogen) atoms. The van der Waals surface area contributed by atoms with Crippen molar-refractivity contribution in [1.82, 2.24) is 15.0 Å². The molecule has 0 saturated carbocycles. The first-order valence-corrected chi connectivity index (χ1v) is 8.16. The highest BCUT2D eigenvalue weighted by molar-refractivity contribution is 6.30. The SMILES string of the molecule is O=[N+]([O-])c1c(Nc2ccc(Cl)cn2)ncnc1N1CCCCCC1. The van der Waals surface area contributed by atoms with Crippen LogP contribution >= 0.6 is 11.6 Å². The molecule has 0 amide bonds. The minimum absolute atomic E-state index is 0.129. The molecule has 0 aliphatic carbocycles. The second-order valence-corrected chi connectivity index (χ2v) is 5.98. The molecule has 0 radical (unpaired) electrons. The van der Waals surface area contributed by atoms with Gasteiger partial charge in [0, 0.05) is 19.3 Å². The smallest absolute Gasteiger partial charge is 0.351 e. The number of hydrogen-bond acceptors (Lipinski definition) is 7. The number of anilines is 3. The minimum Gasteiger partial charge on any atom is -0.351 e. The maximum Gasteiger partial charge on any atom is 0.353 e. The van der Waals surface area contributed by atoms with Gasteiger partial charge in [0.1, 0.15) is 12.1 Å². The number of nitro groups is 1. The lowest BCUT2D eigenvalue weighted by Crippen LogP contribution is -2.26. The number of pyridine rings is 1. The standard InChI is InChI=1S/C15H17ClN6O2/c16-11-5-6-12(17-9-11)20-14-13(22(23)24)15(19-10-18-14)21-7-3-1-2-4-8-21/h5-6,9-10H,1-4,7-8H2,(H,17,18,19,20). The van der Waals surface area contributed by atoms with Gasteiger partial charge in [-0.3, -0.25) is 10.1 Å². The number of nitrogens with one attached hydrogen (secondary N) is 1. The third-order valence-electron chi connectivity index (χ3n) is 3.86. The lowest BCUT2D eigenvalue weighted by atomic mass is 10.2. The second kappa shape index (κ2) is 7.39. The van der Waals surface area contributed by atoms with Crippen molar-refractivity contribution >= 4 is 34.7 Å². The zero-order valence-corrected chi connectivity index (χ0v) is 13.7. The zero-order chi connectivity index (χ0) is 16.9. The van der Waals surface area contributed by atoms with Crippen LogP contribution in [0.4, 0.5) is 23.1 Å². The lowest BCUT2D eigenvalue weighted by Gasteiger charge is -2.21. The average molecular weight is 349 g/mol. The van der Waals surface area contributed by atoms with E-state index in [2.05, 4.69) is 20.3 Å². The first kappa shape index (κ1) is 16.4. The van der Waals surface area contributed by atoms with Crippen molar-refractivity contribution in [3.8, 4) is 0 Å². The summed E-state index contributed by atoms with van der Waals surface area (Å²) in [4.78, 5) is 25.5. The van der Waals surface area contributed by atoms with E-state index in [0.717, 1.165) is 38.8 Å². The molecule has 0 unspecified atom stereocenters. The summed E-state index contributed by atoms with van der Waals surface area (Å²) in [6.07, 6.45) is 7.08. The van der Waals surface area contributed by atoms with Crippen LogP contribution in [0.3, 0.4) is 0 Å². The molecule has 1 saturated heterocycles. The summed E-state index contributed by atoms with van der Waals surface area (Å²) in [6.45, 7) is 1.52. The van der Waals surface area contributed by atoms with E-state index in [1.807, 2.05) is 4.90 Å². The predicted octanol–water partition coefficient (Wildman–Crippen LogP) is 3.56. The molecule has 8 nitrogen and oxygen atoms in total. The highest BCUT2D eigenvalue weighted by Gasteiger charge is 2.27. The largest absolute Gasteiger partial charge is 0.353 e. The molecule has 1 fully saturated rings. The summed E-state index contributed by atoms with van der Waals surface area (Å²) in [5, 5.41) is 15.0. The van der Waals surface area contributed by atoms with Crippen molar-refractivity contribution < 1.29 is 4.92 Å². The first-order valence-electron chi connectivity index (χ1n) is 7.78. The normalized spacial score (nSPS) is 15.0. The summed E-state index contributed by atoms with van der Waals surface area (Å²) < 4.78 is 0. The number of rotatable bonds is 4. The van der Waals surface area contributed by atoms with Gasteiger partial charge in [0.25, 0.3) is 0 Å². The topological polar surface area (TPSA) is 97.1 Å². The Morgan fingerprint density at radius 3 is 2.50 bits per heavy atom. The van der Waals surface area contributed by atoms with Crippen LogP contribution in [0.25, 0.3) is 0 Å². The molecule has 0 aromatic carbocycles. The van der Waals surface area contributed by atoms with Gasteiger partial charge < -0.3 is 10.2 Å². The van der Waals surface area contributed by atoms with Crippen LogP contribution in [0.2, 0.25) is 5.02 Å². The molecule has 3 heterocycles. The summed E-state index contributed by atoms with van der Waals surface area (Å²) in [6, 6.07) is 3.29. The number of hydrogen-bond donors (Lipinski definition) is 1. The quantitative estimate of drug-likeness (QED) is 0.666. The van der Waals surface area contributed by atoms with E-state index in [9.17, 15) is 10.1 Å². The Kier molecular flexibility index (Phi) is 5.05. The van der Waals surface area contributed by atoms with Crippen molar-refractivity contribution in [3.05, 3.63) is 39.8 Å². The van der Waals surface area contributed by atoms with E-state index >= 15 is 0 Å². The van der Waals surface area contributed by atoms with Crippen molar-refractivity contribution in [2.24, 2.45) is 0 Å². The Morgan fingerprint density at radius 2 is 1.88 bits per heavy atom. The molecule has 9 heteroatoms. The maximum absolute atomic E-state index is 11.6. The summed E-state index contributed by atoms with van der Waals surface area (Å²) in [5.74, 6) is 0.917. The van der Waals surface area contributed by atoms with Gasteiger partial charge in [-0.2, -0.15) is 0 Å². The van der Waals surface area contributed by atoms with Crippen LogP contribution in [-0.2, 0) is 0 Å². The lowest BCUT2D eigenvalue weighted by molar-refractivity contribution is -0.383. The van der Waals surface area contributed by atoms with E-state index < -0.39 is 4.92 Å². The third kappa shape index (κ3) is 3.70. The van der Waals surface area contributed by atoms with Gasteiger partial charge in [-0.15, -0.1) is 0 Å². The van der Waals surface area contributed by atoms with Gasteiger partial charge in [-0.05, 0) is 25.0 Å². The van der Waals surface area contributed by atoms with Crippen LogP contribution in [0.15, 0.2) is 24.7 Å². The van der Waals surface area contributed by atoms with Crippen LogP contribution in [0.1, 0.15) is 25.7 Å². The molecule has 126 valence electrons. The van der Waals surface area contributed by atoms with Crippen LogP contribution < -0.4 is 10.2 Å². The fourth-order valence-electron chi connectivity index (χ4n) is 2.71. The summed E-state index contributed by atoms with van der Waals surface area (Å²) >= 11 is 5.81. The molecule has 1 aliphatic heterocycles. The molecule has 0 bridgehead atoms. The fourth-order valence-corrected chi connectivity index (χ4v) is 2.83. The zero-order valence-electron chi connectivity index (χ0n) is 13.0. The Bertz CT molecular complexity index is 716. The van der Waals surface area contributed by atoms with Crippen molar-refractivity contribution in [3.63, 3.8) is 0 Å². The predicted molar refractivity (Wildman–Crippen MR) is 91.9 cm³/mol. The number of nitrogens with zero attached hydrogens (tertiary/aromatic N) is 5. The van der Waals surface area contributed by atoms with E-state index in [1.54, 1.807) is 12.1 Å².